The highest BCUT2D eigenvalue weighted by Crippen LogP contribution is 2.43. The fourth-order valence-corrected chi connectivity index (χ4v) is 2.82. The van der Waals surface area contributed by atoms with Crippen LogP contribution >= 0.6 is 15.9 Å². The van der Waals surface area contributed by atoms with Gasteiger partial charge in [0.15, 0.2) is 0 Å². The molecular weight excluding hydrogens is 307 g/mol. The van der Waals surface area contributed by atoms with Crippen molar-refractivity contribution < 1.29 is 13.2 Å². The van der Waals surface area contributed by atoms with Crippen molar-refractivity contribution in [1.82, 2.24) is 5.32 Å². The summed E-state index contributed by atoms with van der Waals surface area (Å²) in [5.74, 6) is 0.317. The zero-order valence-electron chi connectivity index (χ0n) is 10.0. The molecule has 1 N–H and O–H groups in total. The first-order valence-corrected chi connectivity index (χ1v) is 6.76. The minimum Gasteiger partial charge on any atom is -0.313 e. The maximum atomic E-state index is 13.1. The van der Waals surface area contributed by atoms with Crippen LogP contribution in [-0.2, 0) is 6.18 Å². The van der Waals surface area contributed by atoms with E-state index in [9.17, 15) is 13.2 Å². The van der Waals surface area contributed by atoms with Gasteiger partial charge < -0.3 is 5.32 Å². The monoisotopic (exact) mass is 321 g/mol. The van der Waals surface area contributed by atoms with Gasteiger partial charge in [0, 0.05) is 10.5 Å². The molecule has 0 amide bonds. The smallest absolute Gasteiger partial charge is 0.313 e. The molecule has 100 valence electrons. The first-order valence-electron chi connectivity index (χ1n) is 5.97. The van der Waals surface area contributed by atoms with Gasteiger partial charge in [0.1, 0.15) is 0 Å². The predicted octanol–water partition coefficient (Wildman–Crippen LogP) is 4.53. The molecule has 1 atom stereocenters. The van der Waals surface area contributed by atoms with E-state index in [4.69, 9.17) is 0 Å². The number of alkyl halides is 3. The average molecular weight is 322 g/mol. The van der Waals surface area contributed by atoms with Crippen LogP contribution in [0, 0.1) is 5.92 Å². The van der Waals surface area contributed by atoms with Gasteiger partial charge in [-0.05, 0) is 43.5 Å². The second-order valence-electron chi connectivity index (χ2n) is 4.69. The van der Waals surface area contributed by atoms with Gasteiger partial charge in [-0.25, -0.2) is 0 Å². The summed E-state index contributed by atoms with van der Waals surface area (Å²) in [6, 6.07) is 4.21. The van der Waals surface area contributed by atoms with Crippen LogP contribution in [0.25, 0.3) is 0 Å². The Morgan fingerprint density at radius 2 is 2.00 bits per heavy atom. The van der Waals surface area contributed by atoms with E-state index in [2.05, 4.69) is 21.2 Å². The molecule has 18 heavy (non-hydrogen) atoms. The molecule has 0 radical (unpaired) electrons. The van der Waals surface area contributed by atoms with Crippen LogP contribution in [0.1, 0.15) is 36.4 Å². The van der Waals surface area contributed by atoms with E-state index in [-0.39, 0.29) is 6.04 Å². The molecular formula is C13H15BrF3N. The van der Waals surface area contributed by atoms with E-state index in [1.165, 1.54) is 6.07 Å². The third-order valence-corrected chi connectivity index (χ3v) is 4.08. The molecule has 1 aliphatic rings. The van der Waals surface area contributed by atoms with Crippen LogP contribution < -0.4 is 5.32 Å². The Morgan fingerprint density at radius 3 is 2.44 bits per heavy atom. The first kappa shape index (κ1) is 13.9. The molecule has 1 unspecified atom stereocenters. The van der Waals surface area contributed by atoms with Crippen molar-refractivity contribution in [3.8, 4) is 0 Å². The summed E-state index contributed by atoms with van der Waals surface area (Å²) in [6.45, 7) is 0. The maximum Gasteiger partial charge on any atom is 0.416 e. The standard InChI is InChI=1S/C13H15BrF3N/c1-18-12(8-3-2-4-8)10-6-5-9(14)7-11(10)13(15,16)17/h5-8,12,18H,2-4H2,1H3. The second kappa shape index (κ2) is 5.21. The lowest BCUT2D eigenvalue weighted by Crippen LogP contribution is -2.31. The van der Waals surface area contributed by atoms with Crippen molar-refractivity contribution >= 4 is 15.9 Å². The topological polar surface area (TPSA) is 12.0 Å². The Kier molecular flexibility index (Phi) is 4.02. The SMILES string of the molecule is CNC(c1ccc(Br)cc1C(F)(F)F)C1CCC1. The molecule has 0 spiro atoms. The van der Waals surface area contributed by atoms with Crippen LogP contribution in [0.15, 0.2) is 22.7 Å². The van der Waals surface area contributed by atoms with E-state index in [1.807, 2.05) is 0 Å². The van der Waals surface area contributed by atoms with Crippen molar-refractivity contribution in [1.29, 1.82) is 0 Å². The fourth-order valence-electron chi connectivity index (χ4n) is 2.46. The molecule has 0 saturated heterocycles. The number of halogens is 4. The van der Waals surface area contributed by atoms with Crippen LogP contribution in [0.5, 0.6) is 0 Å². The molecule has 1 aromatic rings. The summed E-state index contributed by atoms with van der Waals surface area (Å²) in [6.07, 6.45) is -1.20. The Morgan fingerprint density at radius 1 is 1.33 bits per heavy atom. The third kappa shape index (κ3) is 2.72. The zero-order chi connectivity index (χ0) is 13.3. The van der Waals surface area contributed by atoms with E-state index in [0.29, 0.717) is 16.0 Å². The summed E-state index contributed by atoms with van der Waals surface area (Å²) in [4.78, 5) is 0. The van der Waals surface area contributed by atoms with Crippen molar-refractivity contribution in [2.45, 2.75) is 31.5 Å². The van der Waals surface area contributed by atoms with Crippen LogP contribution in [-0.4, -0.2) is 7.05 Å². The van der Waals surface area contributed by atoms with Crippen LogP contribution in [0.4, 0.5) is 13.2 Å². The Balaban J connectivity index is 2.41. The Labute approximate surface area is 113 Å². The van der Waals surface area contributed by atoms with E-state index in [1.54, 1.807) is 19.2 Å². The maximum absolute atomic E-state index is 13.1. The van der Waals surface area contributed by atoms with Gasteiger partial charge in [0.05, 0.1) is 5.56 Å². The normalized spacial score (nSPS) is 18.5. The van der Waals surface area contributed by atoms with Gasteiger partial charge in [-0.2, -0.15) is 13.2 Å². The van der Waals surface area contributed by atoms with Crippen molar-refractivity contribution in [2.24, 2.45) is 5.92 Å². The minimum absolute atomic E-state index is 0.205. The van der Waals surface area contributed by atoms with Gasteiger partial charge in [0.25, 0.3) is 0 Å². The molecule has 1 saturated carbocycles. The van der Waals surface area contributed by atoms with Crippen molar-refractivity contribution in [3.63, 3.8) is 0 Å². The summed E-state index contributed by atoms with van der Waals surface area (Å²) >= 11 is 3.11. The Bertz CT molecular complexity index is 427. The molecule has 1 aromatic carbocycles. The molecule has 1 fully saturated rings. The van der Waals surface area contributed by atoms with Gasteiger partial charge in [-0.1, -0.05) is 28.4 Å². The van der Waals surface area contributed by atoms with Crippen molar-refractivity contribution in [2.75, 3.05) is 7.05 Å². The van der Waals surface area contributed by atoms with E-state index in [0.717, 1.165) is 19.3 Å². The summed E-state index contributed by atoms with van der Waals surface area (Å²) in [5.41, 5.74) is -0.180. The molecule has 0 heterocycles. The second-order valence-corrected chi connectivity index (χ2v) is 5.60. The lowest BCUT2D eigenvalue weighted by molar-refractivity contribution is -0.138. The zero-order valence-corrected chi connectivity index (χ0v) is 11.6. The number of rotatable bonds is 3. The fraction of sp³-hybridized carbons (Fsp3) is 0.538. The van der Waals surface area contributed by atoms with Gasteiger partial charge in [-0.3, -0.25) is 0 Å². The van der Waals surface area contributed by atoms with Crippen LogP contribution in [0.2, 0.25) is 0 Å². The number of nitrogens with one attached hydrogen (secondary N) is 1. The third-order valence-electron chi connectivity index (χ3n) is 3.59. The average Bonchev–Trinajstić information content (AvgIpc) is 2.22. The van der Waals surface area contributed by atoms with Crippen molar-refractivity contribution in [3.05, 3.63) is 33.8 Å². The number of hydrogen-bond acceptors (Lipinski definition) is 1. The molecule has 0 bridgehead atoms. The molecule has 5 heteroatoms. The highest BCUT2D eigenvalue weighted by atomic mass is 79.9. The molecule has 0 aromatic heterocycles. The lowest BCUT2D eigenvalue weighted by atomic mass is 9.76. The minimum atomic E-state index is -4.31. The molecule has 0 aliphatic heterocycles. The first-order chi connectivity index (χ1) is 8.43. The lowest BCUT2D eigenvalue weighted by Gasteiger charge is -2.35. The number of hydrogen-bond donors (Lipinski definition) is 1. The summed E-state index contributed by atoms with van der Waals surface area (Å²) in [7, 11) is 1.73. The van der Waals surface area contributed by atoms with Gasteiger partial charge in [-0.15, -0.1) is 0 Å². The quantitative estimate of drug-likeness (QED) is 0.862. The Hall–Kier alpha value is -0.550. The largest absolute Gasteiger partial charge is 0.416 e. The predicted molar refractivity (Wildman–Crippen MR) is 68.3 cm³/mol. The molecule has 1 nitrogen and oxygen atoms in total. The summed E-state index contributed by atoms with van der Waals surface area (Å²) in [5, 5.41) is 3.04. The van der Waals surface area contributed by atoms with Gasteiger partial charge >= 0.3 is 6.18 Å². The van der Waals surface area contributed by atoms with E-state index < -0.39 is 11.7 Å². The number of benzene rings is 1. The summed E-state index contributed by atoms with van der Waals surface area (Å²) < 4.78 is 39.6. The van der Waals surface area contributed by atoms with Gasteiger partial charge in [0.2, 0.25) is 0 Å². The molecule has 2 rings (SSSR count). The molecule has 1 aliphatic carbocycles. The van der Waals surface area contributed by atoms with E-state index >= 15 is 0 Å². The highest BCUT2D eigenvalue weighted by Gasteiger charge is 2.38. The van der Waals surface area contributed by atoms with Crippen LogP contribution in [0.3, 0.4) is 0 Å². The highest BCUT2D eigenvalue weighted by molar-refractivity contribution is 9.10.